The predicted molar refractivity (Wildman–Crippen MR) is 61.7 cm³/mol. The zero-order chi connectivity index (χ0) is 12.3. The number of hydrogen-bond donors (Lipinski definition) is 3. The summed E-state index contributed by atoms with van der Waals surface area (Å²) in [7, 11) is 0. The third-order valence-corrected chi connectivity index (χ3v) is 2.71. The maximum atomic E-state index is 10.4. The first kappa shape index (κ1) is 12.8. The van der Waals surface area contributed by atoms with Gasteiger partial charge in [-0.1, -0.05) is 11.6 Å². The van der Waals surface area contributed by atoms with E-state index in [1.807, 2.05) is 6.92 Å². The van der Waals surface area contributed by atoms with Crippen LogP contribution in [0.5, 0.6) is 5.75 Å². The number of hydrogen-bond acceptors (Lipinski definition) is 3. The maximum absolute atomic E-state index is 10.4. The van der Waals surface area contributed by atoms with Crippen molar-refractivity contribution in [2.45, 2.75) is 25.8 Å². The second-order valence-corrected chi connectivity index (χ2v) is 4.11. The maximum Gasteiger partial charge on any atom is 0.303 e. The lowest BCUT2D eigenvalue weighted by Crippen LogP contribution is -2.13. The Balaban J connectivity index is 2.86. The molecule has 0 aliphatic carbocycles. The van der Waals surface area contributed by atoms with Gasteiger partial charge < -0.3 is 15.9 Å². The lowest BCUT2D eigenvalue weighted by atomic mass is 9.98. The molecular formula is C11H14ClNO3. The number of carbonyl (C=O) groups is 1. The number of nitrogens with two attached hydrogens (primary N) is 1. The SMILES string of the molecule is Cc1cc(Cl)c(O)cc1C(N)CCC(=O)O. The fourth-order valence-corrected chi connectivity index (χ4v) is 1.73. The van der Waals surface area contributed by atoms with Crippen molar-refractivity contribution in [2.24, 2.45) is 5.73 Å². The second kappa shape index (κ2) is 5.18. The Labute approximate surface area is 98.6 Å². The highest BCUT2D eigenvalue weighted by atomic mass is 35.5. The summed E-state index contributed by atoms with van der Waals surface area (Å²) in [6, 6.07) is 2.70. The molecule has 1 aromatic carbocycles. The number of carboxylic acid groups (broad SMARTS) is 1. The molecular weight excluding hydrogens is 230 g/mol. The van der Waals surface area contributed by atoms with Gasteiger partial charge in [0, 0.05) is 12.5 Å². The lowest BCUT2D eigenvalue weighted by Gasteiger charge is -2.14. The quantitative estimate of drug-likeness (QED) is 0.757. The van der Waals surface area contributed by atoms with E-state index in [1.54, 1.807) is 6.07 Å². The van der Waals surface area contributed by atoms with E-state index in [2.05, 4.69) is 0 Å². The first-order valence-corrected chi connectivity index (χ1v) is 5.26. The Kier molecular flexibility index (Phi) is 4.15. The number of phenols is 1. The van der Waals surface area contributed by atoms with Crippen molar-refractivity contribution in [3.63, 3.8) is 0 Å². The van der Waals surface area contributed by atoms with E-state index in [0.717, 1.165) is 11.1 Å². The standard InChI is InChI=1S/C11H14ClNO3/c1-6-4-8(12)10(14)5-7(6)9(13)2-3-11(15)16/h4-5,9,14H,2-3,13H2,1H3,(H,15,16). The number of phenolic OH excluding ortho intramolecular Hbond substituents is 1. The molecule has 1 atom stereocenters. The zero-order valence-electron chi connectivity index (χ0n) is 8.90. The number of aromatic hydroxyl groups is 1. The molecule has 0 heterocycles. The van der Waals surface area contributed by atoms with Gasteiger partial charge in [-0.25, -0.2) is 0 Å². The molecule has 0 fully saturated rings. The van der Waals surface area contributed by atoms with Crippen molar-refractivity contribution >= 4 is 17.6 Å². The zero-order valence-corrected chi connectivity index (χ0v) is 9.66. The molecule has 0 saturated carbocycles. The monoisotopic (exact) mass is 243 g/mol. The molecule has 0 amide bonds. The van der Waals surface area contributed by atoms with E-state index < -0.39 is 12.0 Å². The van der Waals surface area contributed by atoms with E-state index in [-0.39, 0.29) is 17.2 Å². The Morgan fingerprint density at radius 2 is 2.19 bits per heavy atom. The number of rotatable bonds is 4. The van der Waals surface area contributed by atoms with Gasteiger partial charge >= 0.3 is 5.97 Å². The van der Waals surface area contributed by atoms with Gasteiger partial charge in [0.15, 0.2) is 0 Å². The molecule has 4 N–H and O–H groups in total. The Hall–Kier alpha value is -1.26. The molecule has 88 valence electrons. The first-order valence-electron chi connectivity index (χ1n) is 4.88. The highest BCUT2D eigenvalue weighted by Gasteiger charge is 2.13. The molecule has 1 rings (SSSR count). The second-order valence-electron chi connectivity index (χ2n) is 3.70. The molecule has 0 saturated heterocycles. The molecule has 16 heavy (non-hydrogen) atoms. The van der Waals surface area contributed by atoms with Gasteiger partial charge in [0.1, 0.15) is 5.75 Å². The van der Waals surface area contributed by atoms with Crippen molar-refractivity contribution in [3.05, 3.63) is 28.3 Å². The van der Waals surface area contributed by atoms with Gasteiger partial charge in [-0.05, 0) is 36.6 Å². The van der Waals surface area contributed by atoms with Crippen molar-refractivity contribution in [3.8, 4) is 5.75 Å². The van der Waals surface area contributed by atoms with E-state index in [0.29, 0.717) is 6.42 Å². The Morgan fingerprint density at radius 3 is 2.75 bits per heavy atom. The molecule has 5 heteroatoms. The highest BCUT2D eigenvalue weighted by molar-refractivity contribution is 6.32. The smallest absolute Gasteiger partial charge is 0.303 e. The minimum atomic E-state index is -0.883. The van der Waals surface area contributed by atoms with Crippen LogP contribution in [0.1, 0.15) is 30.0 Å². The van der Waals surface area contributed by atoms with Crippen molar-refractivity contribution in [2.75, 3.05) is 0 Å². The van der Waals surface area contributed by atoms with Crippen LogP contribution < -0.4 is 5.73 Å². The van der Waals surface area contributed by atoms with E-state index in [9.17, 15) is 9.90 Å². The summed E-state index contributed by atoms with van der Waals surface area (Å²) in [6.07, 6.45) is 0.335. The van der Waals surface area contributed by atoms with Crippen molar-refractivity contribution in [1.29, 1.82) is 0 Å². The molecule has 0 aromatic heterocycles. The summed E-state index contributed by atoms with van der Waals surface area (Å²) >= 11 is 5.73. The van der Waals surface area contributed by atoms with Crippen LogP contribution in [-0.4, -0.2) is 16.2 Å². The van der Waals surface area contributed by atoms with Gasteiger partial charge in [0.2, 0.25) is 0 Å². The number of carboxylic acids is 1. The normalized spacial score (nSPS) is 12.4. The van der Waals surface area contributed by atoms with Gasteiger partial charge in [-0.3, -0.25) is 4.79 Å². The van der Waals surface area contributed by atoms with Gasteiger partial charge in [0.25, 0.3) is 0 Å². The number of benzene rings is 1. The fourth-order valence-electron chi connectivity index (χ4n) is 1.51. The Morgan fingerprint density at radius 1 is 1.56 bits per heavy atom. The van der Waals surface area contributed by atoms with Crippen molar-refractivity contribution < 1.29 is 15.0 Å². The minimum Gasteiger partial charge on any atom is -0.506 e. The van der Waals surface area contributed by atoms with Crippen LogP contribution in [0.25, 0.3) is 0 Å². The van der Waals surface area contributed by atoms with Gasteiger partial charge in [-0.2, -0.15) is 0 Å². The summed E-state index contributed by atoms with van der Waals surface area (Å²) in [5, 5.41) is 18.3. The lowest BCUT2D eigenvalue weighted by molar-refractivity contribution is -0.137. The topological polar surface area (TPSA) is 83.5 Å². The molecule has 0 aliphatic heterocycles. The van der Waals surface area contributed by atoms with Crippen LogP contribution >= 0.6 is 11.6 Å². The van der Waals surface area contributed by atoms with Gasteiger partial charge in [-0.15, -0.1) is 0 Å². The van der Waals surface area contributed by atoms with E-state index >= 15 is 0 Å². The van der Waals surface area contributed by atoms with Gasteiger partial charge in [0.05, 0.1) is 5.02 Å². The predicted octanol–water partition coefficient (Wildman–Crippen LogP) is 2.22. The van der Waals surface area contributed by atoms with Crippen LogP contribution in [0.2, 0.25) is 5.02 Å². The van der Waals surface area contributed by atoms with Crippen LogP contribution in [0, 0.1) is 6.92 Å². The van der Waals surface area contributed by atoms with Crippen LogP contribution in [0.15, 0.2) is 12.1 Å². The Bertz CT molecular complexity index is 406. The van der Waals surface area contributed by atoms with E-state index in [1.165, 1.54) is 6.07 Å². The largest absolute Gasteiger partial charge is 0.506 e. The molecule has 0 aliphatic rings. The summed E-state index contributed by atoms with van der Waals surface area (Å²) in [5.41, 5.74) is 7.42. The highest BCUT2D eigenvalue weighted by Crippen LogP contribution is 2.30. The third kappa shape index (κ3) is 3.12. The van der Waals surface area contributed by atoms with Crippen LogP contribution in [0.3, 0.4) is 0 Å². The van der Waals surface area contributed by atoms with Crippen molar-refractivity contribution in [1.82, 2.24) is 0 Å². The van der Waals surface area contributed by atoms with Crippen LogP contribution in [0.4, 0.5) is 0 Å². The molecule has 0 spiro atoms. The number of aryl methyl sites for hydroxylation is 1. The average molecular weight is 244 g/mol. The molecule has 1 aromatic rings. The molecule has 1 unspecified atom stereocenters. The average Bonchev–Trinajstić information content (AvgIpc) is 2.20. The van der Waals surface area contributed by atoms with Crippen LogP contribution in [-0.2, 0) is 4.79 Å². The summed E-state index contributed by atoms with van der Waals surface area (Å²) < 4.78 is 0. The number of halogens is 1. The van der Waals surface area contributed by atoms with E-state index in [4.69, 9.17) is 22.4 Å². The molecule has 0 bridgehead atoms. The summed E-state index contributed by atoms with van der Waals surface area (Å²) in [6.45, 7) is 1.82. The minimum absolute atomic E-state index is 0.00396. The molecule has 0 radical (unpaired) electrons. The fraction of sp³-hybridized carbons (Fsp3) is 0.364. The first-order chi connectivity index (χ1) is 7.41. The number of aliphatic carboxylic acids is 1. The summed E-state index contributed by atoms with van der Waals surface area (Å²) in [5.74, 6) is -0.917. The summed E-state index contributed by atoms with van der Waals surface area (Å²) in [4.78, 5) is 10.4. The third-order valence-electron chi connectivity index (χ3n) is 2.40. The molecule has 4 nitrogen and oxygen atoms in total.